The number of carbonyl (C=O) groups excluding carboxylic acids is 1. The minimum Gasteiger partial charge on any atom is -0.490 e. The third kappa shape index (κ3) is 4.86. The second kappa shape index (κ2) is 9.13. The molecule has 3 rings (SSSR count). The maximum absolute atomic E-state index is 12.6. The highest BCUT2D eigenvalue weighted by Gasteiger charge is 2.37. The van der Waals surface area contributed by atoms with Gasteiger partial charge in [0.25, 0.3) is 0 Å². The van der Waals surface area contributed by atoms with Crippen LogP contribution in [0.3, 0.4) is 0 Å². The summed E-state index contributed by atoms with van der Waals surface area (Å²) < 4.78 is 10.9. The molecule has 2 heterocycles. The number of aliphatic carboxylic acids is 1. The fourth-order valence-electron chi connectivity index (χ4n) is 3.53. The van der Waals surface area contributed by atoms with Crippen LogP contribution in [0.25, 0.3) is 0 Å². The van der Waals surface area contributed by atoms with Crippen molar-refractivity contribution in [1.82, 2.24) is 10.2 Å². The number of halogens is 1. The summed E-state index contributed by atoms with van der Waals surface area (Å²) in [6, 6.07) is 6.25. The Morgan fingerprint density at radius 2 is 2.14 bits per heavy atom. The standard InChI is InChI=1S/C19H22ClN3O5/c20-15-5-4-14(27-11-18(24)25)8-17(15)28-10-12-3-6-16(22-12)19(26)23-7-1-2-13(23)9-21/h4-5,8,12-13,16,22H,1-3,6-7,10-11H2,(H,24,25)/t12-,13+,16+/m1/s1. The topological polar surface area (TPSA) is 112 Å². The molecule has 2 fully saturated rings. The largest absolute Gasteiger partial charge is 0.490 e. The number of nitriles is 1. The summed E-state index contributed by atoms with van der Waals surface area (Å²) in [6.45, 7) is 0.498. The van der Waals surface area contributed by atoms with E-state index in [9.17, 15) is 9.59 Å². The van der Waals surface area contributed by atoms with Gasteiger partial charge in [-0.05, 0) is 37.8 Å². The van der Waals surface area contributed by atoms with Gasteiger partial charge in [-0.2, -0.15) is 5.26 Å². The number of likely N-dealkylation sites (tertiary alicyclic amines) is 1. The number of hydrogen-bond donors (Lipinski definition) is 2. The Morgan fingerprint density at radius 1 is 1.32 bits per heavy atom. The number of carboxylic acids is 1. The highest BCUT2D eigenvalue weighted by atomic mass is 35.5. The number of nitrogens with zero attached hydrogens (tertiary/aromatic N) is 2. The molecule has 0 radical (unpaired) electrons. The molecule has 3 atom stereocenters. The normalized spacial score (nSPS) is 24.0. The summed E-state index contributed by atoms with van der Waals surface area (Å²) in [7, 11) is 0. The lowest BCUT2D eigenvalue weighted by molar-refractivity contribution is -0.139. The molecule has 0 bridgehead atoms. The van der Waals surface area contributed by atoms with Gasteiger partial charge in [-0.1, -0.05) is 11.6 Å². The number of hydrogen-bond acceptors (Lipinski definition) is 6. The van der Waals surface area contributed by atoms with Crippen molar-refractivity contribution in [1.29, 1.82) is 5.26 Å². The van der Waals surface area contributed by atoms with Gasteiger partial charge in [0.15, 0.2) is 6.61 Å². The molecule has 0 aliphatic carbocycles. The first-order valence-electron chi connectivity index (χ1n) is 9.21. The van der Waals surface area contributed by atoms with Crippen LogP contribution in [0.1, 0.15) is 25.7 Å². The summed E-state index contributed by atoms with van der Waals surface area (Å²) in [6.07, 6.45) is 3.06. The van der Waals surface area contributed by atoms with E-state index < -0.39 is 12.6 Å². The highest BCUT2D eigenvalue weighted by Crippen LogP contribution is 2.30. The maximum atomic E-state index is 12.6. The Bertz CT molecular complexity index is 781. The molecule has 1 amide bonds. The van der Waals surface area contributed by atoms with E-state index in [1.165, 1.54) is 0 Å². The minimum atomic E-state index is -1.07. The van der Waals surface area contributed by atoms with Crippen LogP contribution in [-0.2, 0) is 9.59 Å². The third-order valence-electron chi connectivity index (χ3n) is 4.93. The Morgan fingerprint density at radius 3 is 2.89 bits per heavy atom. The van der Waals surface area contributed by atoms with Crippen molar-refractivity contribution in [3.05, 3.63) is 23.2 Å². The number of ether oxygens (including phenoxy) is 2. The first-order chi connectivity index (χ1) is 13.5. The Hall–Kier alpha value is -2.50. The SMILES string of the molecule is N#C[C@@H]1CCCN1C(=O)[C@@H]1CC[C@H](COc2cc(OCC(=O)O)ccc2Cl)N1. The summed E-state index contributed by atoms with van der Waals surface area (Å²) >= 11 is 6.13. The first-order valence-corrected chi connectivity index (χ1v) is 9.59. The van der Waals surface area contributed by atoms with E-state index in [0.29, 0.717) is 36.1 Å². The summed E-state index contributed by atoms with van der Waals surface area (Å²) in [4.78, 5) is 24.9. The second-order valence-corrected chi connectivity index (χ2v) is 7.31. The molecule has 0 aromatic heterocycles. The van der Waals surface area contributed by atoms with Crippen LogP contribution in [-0.4, -0.2) is 59.8 Å². The molecule has 1 aromatic carbocycles. The number of benzene rings is 1. The van der Waals surface area contributed by atoms with Crippen molar-refractivity contribution in [2.75, 3.05) is 19.8 Å². The van der Waals surface area contributed by atoms with Gasteiger partial charge >= 0.3 is 5.97 Å². The molecule has 2 N–H and O–H groups in total. The monoisotopic (exact) mass is 407 g/mol. The third-order valence-corrected chi connectivity index (χ3v) is 5.24. The molecule has 0 spiro atoms. The van der Waals surface area contributed by atoms with Gasteiger partial charge in [0.05, 0.1) is 17.1 Å². The first kappa shape index (κ1) is 20.2. The van der Waals surface area contributed by atoms with Crippen molar-refractivity contribution in [2.24, 2.45) is 0 Å². The number of nitrogens with one attached hydrogen (secondary N) is 1. The molecule has 0 unspecified atom stereocenters. The van der Waals surface area contributed by atoms with Crippen LogP contribution < -0.4 is 14.8 Å². The van der Waals surface area contributed by atoms with Crippen LogP contribution in [0.4, 0.5) is 0 Å². The van der Waals surface area contributed by atoms with E-state index in [1.807, 2.05) is 0 Å². The van der Waals surface area contributed by atoms with Crippen molar-refractivity contribution < 1.29 is 24.2 Å². The zero-order valence-corrected chi connectivity index (χ0v) is 16.0. The van der Waals surface area contributed by atoms with Crippen molar-refractivity contribution in [3.63, 3.8) is 0 Å². The summed E-state index contributed by atoms with van der Waals surface area (Å²) in [5, 5.41) is 21.5. The van der Waals surface area contributed by atoms with Gasteiger partial charge in [-0.15, -0.1) is 0 Å². The second-order valence-electron chi connectivity index (χ2n) is 6.90. The predicted molar refractivity (Wildman–Crippen MR) is 100 cm³/mol. The molecule has 150 valence electrons. The Kier molecular flexibility index (Phi) is 6.60. The molecule has 9 heteroatoms. The van der Waals surface area contributed by atoms with Crippen molar-refractivity contribution >= 4 is 23.5 Å². The van der Waals surface area contributed by atoms with Gasteiger partial charge in [-0.25, -0.2) is 4.79 Å². The molecule has 0 saturated carbocycles. The zero-order valence-electron chi connectivity index (χ0n) is 15.3. The lowest BCUT2D eigenvalue weighted by Crippen LogP contribution is -2.47. The number of carbonyl (C=O) groups is 2. The van der Waals surface area contributed by atoms with E-state index in [2.05, 4.69) is 11.4 Å². The van der Waals surface area contributed by atoms with Crippen LogP contribution in [0.15, 0.2) is 18.2 Å². The van der Waals surface area contributed by atoms with Gasteiger partial charge in [0, 0.05) is 18.7 Å². The van der Waals surface area contributed by atoms with Gasteiger partial charge in [0.2, 0.25) is 5.91 Å². The molecule has 2 aliphatic rings. The molecular formula is C19H22ClN3O5. The maximum Gasteiger partial charge on any atom is 0.341 e. The number of rotatable bonds is 7. The zero-order chi connectivity index (χ0) is 20.1. The quantitative estimate of drug-likeness (QED) is 0.708. The van der Waals surface area contributed by atoms with Gasteiger partial charge in [0.1, 0.15) is 24.1 Å². The van der Waals surface area contributed by atoms with Crippen molar-refractivity contribution in [3.8, 4) is 17.6 Å². The smallest absolute Gasteiger partial charge is 0.341 e. The molecule has 8 nitrogen and oxygen atoms in total. The fourth-order valence-corrected chi connectivity index (χ4v) is 3.70. The average Bonchev–Trinajstić information content (AvgIpc) is 3.35. The van der Waals surface area contributed by atoms with Crippen LogP contribution >= 0.6 is 11.6 Å². The van der Waals surface area contributed by atoms with Crippen LogP contribution in [0.2, 0.25) is 5.02 Å². The molecule has 2 aliphatic heterocycles. The van der Waals surface area contributed by atoms with E-state index in [0.717, 1.165) is 19.3 Å². The van der Waals surface area contributed by atoms with Crippen molar-refractivity contribution in [2.45, 2.75) is 43.8 Å². The van der Waals surface area contributed by atoms with Crippen LogP contribution in [0.5, 0.6) is 11.5 Å². The van der Waals surface area contributed by atoms with Crippen LogP contribution in [0, 0.1) is 11.3 Å². The Balaban J connectivity index is 1.52. The van der Waals surface area contributed by atoms with Gasteiger partial charge in [-0.3, -0.25) is 10.1 Å². The summed E-state index contributed by atoms with van der Waals surface area (Å²) in [5.74, 6) is -0.343. The predicted octanol–water partition coefficient (Wildman–Crippen LogP) is 1.82. The van der Waals surface area contributed by atoms with E-state index in [-0.39, 0.29) is 24.0 Å². The number of amides is 1. The minimum absolute atomic E-state index is 0.0169. The Labute approximate surface area is 168 Å². The van der Waals surface area contributed by atoms with E-state index in [1.54, 1.807) is 23.1 Å². The molecule has 28 heavy (non-hydrogen) atoms. The van der Waals surface area contributed by atoms with E-state index in [4.69, 9.17) is 31.4 Å². The number of carboxylic acid groups (broad SMARTS) is 1. The highest BCUT2D eigenvalue weighted by molar-refractivity contribution is 6.32. The summed E-state index contributed by atoms with van der Waals surface area (Å²) in [5.41, 5.74) is 0. The lowest BCUT2D eigenvalue weighted by Gasteiger charge is -2.24. The van der Waals surface area contributed by atoms with E-state index >= 15 is 0 Å². The molecular weight excluding hydrogens is 386 g/mol. The molecule has 2 saturated heterocycles. The fraction of sp³-hybridized carbons (Fsp3) is 0.526. The lowest BCUT2D eigenvalue weighted by atomic mass is 10.1. The molecule has 1 aromatic rings. The average molecular weight is 408 g/mol. The van der Waals surface area contributed by atoms with Gasteiger partial charge < -0.3 is 19.5 Å².